The number of hydrogen-bond acceptors (Lipinski definition) is 5. The van der Waals surface area contributed by atoms with E-state index in [4.69, 9.17) is 0 Å². The molecule has 4 rings (SSSR count). The van der Waals surface area contributed by atoms with Gasteiger partial charge in [-0.3, -0.25) is 4.79 Å². The maximum atomic E-state index is 12.5. The molecule has 1 atom stereocenters. The van der Waals surface area contributed by atoms with Gasteiger partial charge in [-0.1, -0.05) is 17.8 Å². The van der Waals surface area contributed by atoms with Gasteiger partial charge in [0.2, 0.25) is 5.91 Å². The van der Waals surface area contributed by atoms with Gasteiger partial charge in [0.1, 0.15) is 5.82 Å². The normalized spacial score (nSPS) is 20.0. The number of nitrogens with one attached hydrogen (secondary N) is 1. The lowest BCUT2D eigenvalue weighted by Gasteiger charge is -2.32. The van der Waals surface area contributed by atoms with E-state index in [2.05, 4.69) is 30.9 Å². The number of imidazole rings is 1. The summed E-state index contributed by atoms with van der Waals surface area (Å²) in [4.78, 5) is 23.7. The predicted molar refractivity (Wildman–Crippen MR) is 94.0 cm³/mol. The Labute approximate surface area is 145 Å². The first-order valence-electron chi connectivity index (χ1n) is 8.42. The topological polar surface area (TPSA) is 63.1 Å². The molecule has 1 saturated heterocycles. The fraction of sp³-hybridized carbons (Fsp3) is 0.471. The van der Waals surface area contributed by atoms with Crippen molar-refractivity contribution in [3.05, 3.63) is 36.3 Å². The van der Waals surface area contributed by atoms with Crippen LogP contribution in [-0.4, -0.2) is 39.3 Å². The van der Waals surface area contributed by atoms with Crippen molar-refractivity contribution >= 4 is 23.5 Å². The molecule has 0 aromatic carbocycles. The summed E-state index contributed by atoms with van der Waals surface area (Å²) < 4.78 is 2.16. The number of pyridine rings is 1. The number of aryl methyl sites for hydroxylation is 1. The monoisotopic (exact) mass is 343 g/mol. The number of carbonyl (C=O) groups is 1. The van der Waals surface area contributed by atoms with Gasteiger partial charge in [-0.05, 0) is 25.0 Å². The van der Waals surface area contributed by atoms with Crippen molar-refractivity contribution in [2.45, 2.75) is 31.1 Å². The molecule has 7 heteroatoms. The highest BCUT2D eigenvalue weighted by Crippen LogP contribution is 2.25. The highest BCUT2D eigenvalue weighted by atomic mass is 32.2. The van der Waals surface area contributed by atoms with Crippen LogP contribution in [0.4, 0.5) is 5.82 Å². The third-order valence-electron chi connectivity index (χ3n) is 4.56. The summed E-state index contributed by atoms with van der Waals surface area (Å²) in [7, 11) is 0. The number of nitrogens with zero attached hydrogens (tertiary/aromatic N) is 4. The first-order valence-corrected chi connectivity index (χ1v) is 9.41. The summed E-state index contributed by atoms with van der Waals surface area (Å²) >= 11 is 1.77. The van der Waals surface area contributed by atoms with Crippen LogP contribution in [0.15, 0.2) is 35.7 Å². The fourth-order valence-corrected chi connectivity index (χ4v) is 4.27. The van der Waals surface area contributed by atoms with E-state index in [9.17, 15) is 4.79 Å². The van der Waals surface area contributed by atoms with Gasteiger partial charge in [0.25, 0.3) is 0 Å². The fourth-order valence-electron chi connectivity index (χ4n) is 3.31. The van der Waals surface area contributed by atoms with Crippen LogP contribution in [0.3, 0.4) is 0 Å². The smallest absolute Gasteiger partial charge is 0.225 e. The lowest BCUT2D eigenvalue weighted by Crippen LogP contribution is -2.43. The standard InChI is InChI=1S/C17H21N5OS/c23-16(19-10-14-12-22-8-9-24-17(22)20-14)13-4-3-7-21(11-13)15-5-1-2-6-18-15/h1-2,5-6,12-13H,3-4,7-11H2,(H,19,23). The second-order valence-electron chi connectivity index (χ2n) is 6.25. The van der Waals surface area contributed by atoms with E-state index < -0.39 is 0 Å². The minimum Gasteiger partial charge on any atom is -0.356 e. The van der Waals surface area contributed by atoms with E-state index in [1.54, 1.807) is 18.0 Å². The Morgan fingerprint density at radius 3 is 3.17 bits per heavy atom. The van der Waals surface area contributed by atoms with E-state index in [1.807, 2.05) is 18.2 Å². The van der Waals surface area contributed by atoms with Crippen molar-refractivity contribution < 1.29 is 4.79 Å². The molecular weight excluding hydrogens is 322 g/mol. The summed E-state index contributed by atoms with van der Waals surface area (Å²) in [5.74, 6) is 2.19. The zero-order chi connectivity index (χ0) is 16.4. The van der Waals surface area contributed by atoms with Crippen LogP contribution in [-0.2, 0) is 17.9 Å². The average molecular weight is 343 g/mol. The SMILES string of the molecule is O=C(NCc1cn2c(n1)SCC2)C1CCCN(c2ccccn2)C1. The van der Waals surface area contributed by atoms with Gasteiger partial charge in [-0.25, -0.2) is 9.97 Å². The molecule has 6 nitrogen and oxygen atoms in total. The van der Waals surface area contributed by atoms with Crippen LogP contribution >= 0.6 is 11.8 Å². The minimum absolute atomic E-state index is 0.0181. The zero-order valence-electron chi connectivity index (χ0n) is 13.5. The number of piperidine rings is 1. The molecule has 4 heterocycles. The molecule has 1 fully saturated rings. The van der Waals surface area contributed by atoms with Gasteiger partial charge >= 0.3 is 0 Å². The minimum atomic E-state index is 0.0181. The molecule has 1 unspecified atom stereocenters. The third kappa shape index (κ3) is 3.26. The second kappa shape index (κ2) is 6.84. The quantitative estimate of drug-likeness (QED) is 0.919. The van der Waals surface area contributed by atoms with E-state index in [0.29, 0.717) is 6.54 Å². The average Bonchev–Trinajstić information content (AvgIpc) is 3.22. The van der Waals surface area contributed by atoms with E-state index in [-0.39, 0.29) is 11.8 Å². The van der Waals surface area contributed by atoms with Crippen molar-refractivity contribution in [3.8, 4) is 0 Å². The summed E-state index contributed by atoms with van der Waals surface area (Å²) in [5.41, 5.74) is 0.947. The van der Waals surface area contributed by atoms with Crippen LogP contribution in [0, 0.1) is 5.92 Å². The van der Waals surface area contributed by atoms with Crippen LogP contribution in [0.2, 0.25) is 0 Å². The van der Waals surface area contributed by atoms with Crippen LogP contribution in [0.1, 0.15) is 18.5 Å². The highest BCUT2D eigenvalue weighted by Gasteiger charge is 2.26. The van der Waals surface area contributed by atoms with Crippen molar-refractivity contribution in [1.82, 2.24) is 19.9 Å². The molecule has 24 heavy (non-hydrogen) atoms. The Kier molecular flexibility index (Phi) is 4.42. The van der Waals surface area contributed by atoms with Gasteiger partial charge in [0.05, 0.1) is 18.2 Å². The van der Waals surface area contributed by atoms with E-state index >= 15 is 0 Å². The first-order chi connectivity index (χ1) is 11.8. The van der Waals surface area contributed by atoms with Crippen LogP contribution in [0.25, 0.3) is 0 Å². The number of hydrogen-bond donors (Lipinski definition) is 1. The van der Waals surface area contributed by atoms with Crippen molar-refractivity contribution in [3.63, 3.8) is 0 Å². The van der Waals surface area contributed by atoms with Crippen molar-refractivity contribution in [2.24, 2.45) is 5.92 Å². The Bertz CT molecular complexity index is 696. The van der Waals surface area contributed by atoms with Gasteiger partial charge in [-0.15, -0.1) is 0 Å². The van der Waals surface area contributed by atoms with Crippen molar-refractivity contribution in [2.75, 3.05) is 23.7 Å². The number of aromatic nitrogens is 3. The molecule has 2 aliphatic heterocycles. The molecule has 2 aliphatic rings. The zero-order valence-corrected chi connectivity index (χ0v) is 14.3. The van der Waals surface area contributed by atoms with E-state index in [0.717, 1.165) is 54.9 Å². The van der Waals surface area contributed by atoms with Gasteiger partial charge < -0.3 is 14.8 Å². The Hall–Kier alpha value is -2.02. The van der Waals surface area contributed by atoms with Gasteiger partial charge in [0.15, 0.2) is 5.16 Å². The number of fused-ring (bicyclic) bond motifs is 1. The molecule has 0 aliphatic carbocycles. The van der Waals surface area contributed by atoms with Crippen molar-refractivity contribution in [1.29, 1.82) is 0 Å². The predicted octanol–water partition coefficient (Wildman–Crippen LogP) is 1.92. The molecule has 2 aromatic rings. The van der Waals surface area contributed by atoms with Crippen LogP contribution in [0.5, 0.6) is 0 Å². The molecule has 0 spiro atoms. The van der Waals surface area contributed by atoms with Gasteiger partial charge in [0, 0.05) is 37.8 Å². The number of amides is 1. The second-order valence-corrected chi connectivity index (χ2v) is 7.31. The third-order valence-corrected chi connectivity index (χ3v) is 5.53. The molecule has 1 amide bonds. The summed E-state index contributed by atoms with van der Waals surface area (Å²) in [5, 5.41) is 4.13. The number of thioether (sulfide) groups is 1. The molecular formula is C17H21N5OS. The summed E-state index contributed by atoms with van der Waals surface area (Å²) in [6, 6.07) is 5.91. The molecule has 126 valence electrons. The Balaban J connectivity index is 1.33. The number of anilines is 1. The largest absolute Gasteiger partial charge is 0.356 e. The molecule has 0 bridgehead atoms. The molecule has 1 N–H and O–H groups in total. The summed E-state index contributed by atoms with van der Waals surface area (Å²) in [6.45, 7) is 3.23. The Morgan fingerprint density at radius 1 is 1.38 bits per heavy atom. The molecule has 0 radical (unpaired) electrons. The molecule has 0 saturated carbocycles. The van der Waals surface area contributed by atoms with Crippen LogP contribution < -0.4 is 10.2 Å². The number of carbonyl (C=O) groups excluding carboxylic acids is 1. The summed E-state index contributed by atoms with van der Waals surface area (Å²) in [6.07, 6.45) is 5.81. The lowest BCUT2D eigenvalue weighted by atomic mass is 9.97. The Morgan fingerprint density at radius 2 is 2.33 bits per heavy atom. The molecule has 2 aromatic heterocycles. The van der Waals surface area contributed by atoms with E-state index in [1.165, 1.54) is 0 Å². The number of rotatable bonds is 4. The maximum Gasteiger partial charge on any atom is 0.225 e. The lowest BCUT2D eigenvalue weighted by molar-refractivity contribution is -0.125. The maximum absolute atomic E-state index is 12.5. The first kappa shape index (κ1) is 15.5. The van der Waals surface area contributed by atoms with Gasteiger partial charge in [-0.2, -0.15) is 0 Å². The highest BCUT2D eigenvalue weighted by molar-refractivity contribution is 7.99.